The highest BCUT2D eigenvalue weighted by molar-refractivity contribution is 9.10. The van der Waals surface area contributed by atoms with Gasteiger partial charge in [0.15, 0.2) is 0 Å². The van der Waals surface area contributed by atoms with Crippen molar-refractivity contribution >= 4 is 39.6 Å². The Kier molecular flexibility index (Phi) is 8.60. The van der Waals surface area contributed by atoms with Crippen LogP contribution in [0.1, 0.15) is 28.4 Å². The molecule has 0 fully saturated rings. The molecule has 0 aromatic heterocycles. The number of halogens is 1. The van der Waals surface area contributed by atoms with Gasteiger partial charge in [-0.1, -0.05) is 40.2 Å². The van der Waals surface area contributed by atoms with Crippen molar-refractivity contribution in [2.45, 2.75) is 19.9 Å². The quantitative estimate of drug-likeness (QED) is 0.325. The van der Waals surface area contributed by atoms with E-state index in [0.717, 1.165) is 15.6 Å². The first kappa shape index (κ1) is 24.0. The van der Waals surface area contributed by atoms with Gasteiger partial charge in [-0.3, -0.25) is 9.59 Å². The summed E-state index contributed by atoms with van der Waals surface area (Å²) in [4.78, 5) is 35.9. The van der Waals surface area contributed by atoms with Crippen molar-refractivity contribution < 1.29 is 23.9 Å². The van der Waals surface area contributed by atoms with Crippen molar-refractivity contribution in [1.82, 2.24) is 5.32 Å². The third-order valence-corrected chi connectivity index (χ3v) is 5.03. The molecule has 3 aromatic rings. The van der Waals surface area contributed by atoms with Crippen LogP contribution in [-0.4, -0.2) is 24.6 Å². The van der Waals surface area contributed by atoms with E-state index in [2.05, 4.69) is 26.6 Å². The SMILES string of the molecule is CCOC(=O)Oc1ccc(C(=O)Nc2ccc(CNC(=O)Cc3cccc(Br)c3)cc2)cc1. The van der Waals surface area contributed by atoms with Gasteiger partial charge in [-0.05, 0) is 66.6 Å². The Hall–Kier alpha value is -3.65. The van der Waals surface area contributed by atoms with Crippen molar-refractivity contribution in [3.63, 3.8) is 0 Å². The summed E-state index contributed by atoms with van der Waals surface area (Å²) >= 11 is 3.40. The Labute approximate surface area is 200 Å². The highest BCUT2D eigenvalue weighted by Gasteiger charge is 2.09. The molecule has 0 aliphatic rings. The number of benzene rings is 3. The zero-order chi connectivity index (χ0) is 23.6. The minimum atomic E-state index is -0.792. The number of rotatable bonds is 8. The number of anilines is 1. The molecule has 0 radical (unpaired) electrons. The van der Waals surface area contributed by atoms with Crippen molar-refractivity contribution in [2.24, 2.45) is 0 Å². The molecule has 0 saturated carbocycles. The molecule has 2 N–H and O–H groups in total. The number of nitrogens with one attached hydrogen (secondary N) is 2. The Morgan fingerprint density at radius 3 is 2.30 bits per heavy atom. The summed E-state index contributed by atoms with van der Waals surface area (Å²) in [6.07, 6.45) is -0.490. The van der Waals surface area contributed by atoms with Crippen LogP contribution in [0, 0.1) is 0 Å². The van der Waals surface area contributed by atoms with Gasteiger partial charge in [0.1, 0.15) is 5.75 Å². The molecule has 7 nitrogen and oxygen atoms in total. The van der Waals surface area contributed by atoms with E-state index in [1.54, 1.807) is 31.2 Å². The second kappa shape index (κ2) is 11.8. The van der Waals surface area contributed by atoms with E-state index in [4.69, 9.17) is 9.47 Å². The van der Waals surface area contributed by atoms with E-state index in [0.29, 0.717) is 24.2 Å². The Morgan fingerprint density at radius 2 is 1.64 bits per heavy atom. The van der Waals surface area contributed by atoms with Gasteiger partial charge in [-0.25, -0.2) is 4.79 Å². The van der Waals surface area contributed by atoms with E-state index in [9.17, 15) is 14.4 Å². The molecular formula is C25H23BrN2O5. The van der Waals surface area contributed by atoms with Crippen molar-refractivity contribution in [2.75, 3.05) is 11.9 Å². The fraction of sp³-hybridized carbons (Fsp3) is 0.160. The van der Waals surface area contributed by atoms with E-state index < -0.39 is 6.16 Å². The van der Waals surface area contributed by atoms with Crippen molar-refractivity contribution in [1.29, 1.82) is 0 Å². The number of hydrogen-bond acceptors (Lipinski definition) is 5. The minimum absolute atomic E-state index is 0.0686. The number of hydrogen-bond donors (Lipinski definition) is 2. The molecule has 0 unspecified atom stereocenters. The van der Waals surface area contributed by atoms with Gasteiger partial charge in [-0.2, -0.15) is 0 Å². The fourth-order valence-corrected chi connectivity index (χ4v) is 3.37. The maximum atomic E-state index is 12.4. The molecule has 0 spiro atoms. The highest BCUT2D eigenvalue weighted by Crippen LogP contribution is 2.16. The zero-order valence-electron chi connectivity index (χ0n) is 18.0. The van der Waals surface area contributed by atoms with Crippen LogP contribution < -0.4 is 15.4 Å². The molecule has 0 saturated heterocycles. The highest BCUT2D eigenvalue weighted by atomic mass is 79.9. The van der Waals surface area contributed by atoms with Gasteiger partial charge >= 0.3 is 6.16 Å². The molecule has 33 heavy (non-hydrogen) atoms. The first-order chi connectivity index (χ1) is 15.9. The largest absolute Gasteiger partial charge is 0.513 e. The van der Waals surface area contributed by atoms with Gasteiger partial charge in [-0.15, -0.1) is 0 Å². The summed E-state index contributed by atoms with van der Waals surface area (Å²) in [5.74, 6) is -0.0788. The molecule has 0 atom stereocenters. The van der Waals surface area contributed by atoms with Gasteiger partial charge in [0.25, 0.3) is 5.91 Å². The van der Waals surface area contributed by atoms with E-state index in [-0.39, 0.29) is 24.2 Å². The molecule has 0 heterocycles. The molecule has 0 aliphatic carbocycles. The summed E-state index contributed by atoms with van der Waals surface area (Å²) in [6, 6.07) is 21.0. The van der Waals surface area contributed by atoms with Crippen LogP contribution in [0.5, 0.6) is 5.75 Å². The molecule has 3 rings (SSSR count). The van der Waals surface area contributed by atoms with Crippen LogP contribution in [-0.2, 0) is 22.5 Å². The van der Waals surface area contributed by atoms with Gasteiger partial charge < -0.3 is 20.1 Å². The summed E-state index contributed by atoms with van der Waals surface area (Å²) in [6.45, 7) is 2.29. The summed E-state index contributed by atoms with van der Waals surface area (Å²) in [7, 11) is 0. The topological polar surface area (TPSA) is 93.7 Å². The Bertz CT molecular complexity index is 1110. The van der Waals surface area contributed by atoms with E-state index in [1.165, 1.54) is 12.1 Å². The lowest BCUT2D eigenvalue weighted by atomic mass is 10.1. The molecule has 170 valence electrons. The van der Waals surface area contributed by atoms with Crippen LogP contribution in [0.25, 0.3) is 0 Å². The van der Waals surface area contributed by atoms with Crippen molar-refractivity contribution in [3.8, 4) is 5.75 Å². The summed E-state index contributed by atoms with van der Waals surface area (Å²) < 4.78 is 10.6. The Balaban J connectivity index is 1.48. The number of carbonyl (C=O) groups excluding carboxylic acids is 3. The van der Waals surface area contributed by atoms with Crippen LogP contribution in [0.4, 0.5) is 10.5 Å². The molecule has 2 amide bonds. The smallest absolute Gasteiger partial charge is 0.434 e. The van der Waals surface area contributed by atoms with Crippen LogP contribution >= 0.6 is 15.9 Å². The van der Waals surface area contributed by atoms with Gasteiger partial charge in [0.2, 0.25) is 5.91 Å². The van der Waals surface area contributed by atoms with Crippen LogP contribution in [0.3, 0.4) is 0 Å². The van der Waals surface area contributed by atoms with Crippen molar-refractivity contribution in [3.05, 3.63) is 94.0 Å². The van der Waals surface area contributed by atoms with Crippen LogP contribution in [0.15, 0.2) is 77.3 Å². The maximum Gasteiger partial charge on any atom is 0.513 e. The number of carbonyl (C=O) groups is 3. The predicted molar refractivity (Wildman–Crippen MR) is 128 cm³/mol. The second-order valence-electron chi connectivity index (χ2n) is 7.04. The maximum absolute atomic E-state index is 12.4. The number of amides is 2. The lowest BCUT2D eigenvalue weighted by molar-refractivity contribution is -0.120. The molecule has 0 aliphatic heterocycles. The second-order valence-corrected chi connectivity index (χ2v) is 7.96. The zero-order valence-corrected chi connectivity index (χ0v) is 19.6. The summed E-state index contributed by atoms with van der Waals surface area (Å²) in [5, 5.41) is 5.70. The molecule has 8 heteroatoms. The molecule has 3 aromatic carbocycles. The summed E-state index contributed by atoms with van der Waals surface area (Å²) in [5.41, 5.74) is 2.88. The molecule has 0 bridgehead atoms. The Morgan fingerprint density at radius 1 is 0.909 bits per heavy atom. The molecular weight excluding hydrogens is 488 g/mol. The lowest BCUT2D eigenvalue weighted by Gasteiger charge is -2.09. The van der Waals surface area contributed by atoms with Crippen LogP contribution in [0.2, 0.25) is 0 Å². The average Bonchev–Trinajstić information content (AvgIpc) is 2.79. The third kappa shape index (κ3) is 7.76. The first-order valence-electron chi connectivity index (χ1n) is 10.3. The fourth-order valence-electron chi connectivity index (χ4n) is 2.92. The minimum Gasteiger partial charge on any atom is -0.434 e. The van der Waals surface area contributed by atoms with E-state index >= 15 is 0 Å². The predicted octanol–water partition coefficient (Wildman–Crippen LogP) is 5.10. The monoisotopic (exact) mass is 510 g/mol. The first-order valence-corrected chi connectivity index (χ1v) is 11.1. The van der Waals surface area contributed by atoms with Gasteiger partial charge in [0, 0.05) is 22.3 Å². The standard InChI is InChI=1S/C25H23BrN2O5/c1-2-32-25(31)33-22-12-8-19(9-13-22)24(30)28-21-10-6-17(7-11-21)16-27-23(29)15-18-4-3-5-20(26)14-18/h3-14H,2,15-16H2,1H3,(H,27,29)(H,28,30). The lowest BCUT2D eigenvalue weighted by Crippen LogP contribution is -2.24. The number of ether oxygens (including phenoxy) is 2. The average molecular weight is 511 g/mol. The normalized spacial score (nSPS) is 10.2. The van der Waals surface area contributed by atoms with Gasteiger partial charge in [0.05, 0.1) is 13.0 Å². The third-order valence-electron chi connectivity index (χ3n) is 4.54. The van der Waals surface area contributed by atoms with E-state index in [1.807, 2.05) is 36.4 Å².